The van der Waals surface area contributed by atoms with E-state index in [1.54, 1.807) is 20.0 Å². The minimum absolute atomic E-state index is 0.0820. The molecule has 0 radical (unpaired) electrons. The Labute approximate surface area is 81.3 Å². The van der Waals surface area contributed by atoms with Crippen molar-refractivity contribution < 1.29 is 9.53 Å². The normalized spacial score (nSPS) is 9.86. The van der Waals surface area contributed by atoms with E-state index in [1.807, 2.05) is 0 Å². The van der Waals surface area contributed by atoms with E-state index in [0.717, 1.165) is 5.56 Å². The molecular formula is C9H12N2O3. The topological polar surface area (TPSA) is 61.2 Å². The SMILES string of the molecule is CCOC(=O)Cn1cc(C)cnc1=O. The highest BCUT2D eigenvalue weighted by Crippen LogP contribution is 1.90. The maximum atomic E-state index is 11.2. The Morgan fingerprint density at radius 1 is 1.64 bits per heavy atom. The largest absolute Gasteiger partial charge is 0.465 e. The second kappa shape index (κ2) is 4.55. The highest BCUT2D eigenvalue weighted by molar-refractivity contribution is 5.69. The summed E-state index contributed by atoms with van der Waals surface area (Å²) in [6.45, 7) is 3.75. The van der Waals surface area contributed by atoms with Crippen LogP contribution in [0, 0.1) is 6.92 Å². The smallest absolute Gasteiger partial charge is 0.348 e. The van der Waals surface area contributed by atoms with Crippen LogP contribution < -0.4 is 5.69 Å². The molecule has 1 aromatic heterocycles. The second-order valence-electron chi connectivity index (χ2n) is 2.85. The van der Waals surface area contributed by atoms with Crippen molar-refractivity contribution in [2.24, 2.45) is 0 Å². The Hall–Kier alpha value is -1.65. The van der Waals surface area contributed by atoms with Crippen molar-refractivity contribution >= 4 is 5.97 Å². The molecule has 0 N–H and O–H groups in total. The maximum Gasteiger partial charge on any atom is 0.348 e. The summed E-state index contributed by atoms with van der Waals surface area (Å²) in [5.41, 5.74) is 0.387. The van der Waals surface area contributed by atoms with Crippen molar-refractivity contribution in [2.75, 3.05) is 6.61 Å². The molecule has 0 bridgehead atoms. The average molecular weight is 196 g/mol. The highest BCUT2D eigenvalue weighted by Gasteiger charge is 2.04. The van der Waals surface area contributed by atoms with Gasteiger partial charge in [-0.1, -0.05) is 0 Å². The number of aryl methyl sites for hydroxylation is 1. The third kappa shape index (κ3) is 2.69. The molecule has 14 heavy (non-hydrogen) atoms. The van der Waals surface area contributed by atoms with E-state index in [0.29, 0.717) is 6.61 Å². The van der Waals surface area contributed by atoms with E-state index < -0.39 is 11.7 Å². The number of hydrogen-bond acceptors (Lipinski definition) is 4. The molecule has 0 unspecified atom stereocenters. The van der Waals surface area contributed by atoms with Gasteiger partial charge in [-0.05, 0) is 19.4 Å². The van der Waals surface area contributed by atoms with E-state index in [4.69, 9.17) is 4.74 Å². The van der Waals surface area contributed by atoms with Crippen LogP contribution in [0.15, 0.2) is 17.2 Å². The standard InChI is InChI=1S/C9H12N2O3/c1-3-14-8(12)6-11-5-7(2)4-10-9(11)13/h4-5H,3,6H2,1-2H3. The number of rotatable bonds is 3. The zero-order valence-corrected chi connectivity index (χ0v) is 8.19. The van der Waals surface area contributed by atoms with Gasteiger partial charge in [0.1, 0.15) is 6.54 Å². The number of esters is 1. The predicted octanol–water partition coefficient (Wildman–Crippen LogP) is 0.115. The van der Waals surface area contributed by atoms with Gasteiger partial charge in [0.05, 0.1) is 6.61 Å². The number of nitrogens with zero attached hydrogens (tertiary/aromatic N) is 2. The monoisotopic (exact) mass is 196 g/mol. The van der Waals surface area contributed by atoms with Crippen LogP contribution in [0.3, 0.4) is 0 Å². The number of carbonyl (C=O) groups is 1. The summed E-state index contributed by atoms with van der Waals surface area (Å²) >= 11 is 0. The summed E-state index contributed by atoms with van der Waals surface area (Å²) in [5.74, 6) is -0.429. The van der Waals surface area contributed by atoms with E-state index in [1.165, 1.54) is 10.8 Å². The quantitative estimate of drug-likeness (QED) is 0.644. The van der Waals surface area contributed by atoms with Gasteiger partial charge in [0.2, 0.25) is 0 Å². The predicted molar refractivity (Wildman–Crippen MR) is 49.9 cm³/mol. The first-order chi connectivity index (χ1) is 6.63. The molecule has 0 saturated carbocycles. The highest BCUT2D eigenvalue weighted by atomic mass is 16.5. The first-order valence-corrected chi connectivity index (χ1v) is 4.32. The molecule has 0 atom stereocenters. The van der Waals surface area contributed by atoms with Crippen LogP contribution in [0.25, 0.3) is 0 Å². The number of hydrogen-bond donors (Lipinski definition) is 0. The lowest BCUT2D eigenvalue weighted by Crippen LogP contribution is -2.26. The summed E-state index contributed by atoms with van der Waals surface area (Å²) in [5, 5.41) is 0. The van der Waals surface area contributed by atoms with Gasteiger partial charge in [0.25, 0.3) is 0 Å². The van der Waals surface area contributed by atoms with Crippen LogP contribution in [-0.2, 0) is 16.1 Å². The van der Waals surface area contributed by atoms with Crippen LogP contribution in [0.2, 0.25) is 0 Å². The summed E-state index contributed by atoms with van der Waals surface area (Å²) < 4.78 is 5.94. The lowest BCUT2D eigenvalue weighted by atomic mass is 10.4. The molecule has 0 spiro atoms. The molecule has 1 aromatic rings. The van der Waals surface area contributed by atoms with Gasteiger partial charge >= 0.3 is 11.7 Å². The minimum atomic E-state index is -0.441. The summed E-state index contributed by atoms with van der Waals surface area (Å²) in [4.78, 5) is 25.8. The molecule has 5 heteroatoms. The van der Waals surface area contributed by atoms with Crippen molar-refractivity contribution in [3.05, 3.63) is 28.4 Å². The van der Waals surface area contributed by atoms with Gasteiger partial charge in [-0.3, -0.25) is 9.36 Å². The van der Waals surface area contributed by atoms with Gasteiger partial charge in [-0.2, -0.15) is 0 Å². The van der Waals surface area contributed by atoms with Crippen molar-refractivity contribution in [2.45, 2.75) is 20.4 Å². The summed E-state index contributed by atoms with van der Waals surface area (Å²) in [6.07, 6.45) is 3.04. The molecule has 0 aromatic carbocycles. The first kappa shape index (κ1) is 10.4. The average Bonchev–Trinajstić information content (AvgIpc) is 2.12. The zero-order chi connectivity index (χ0) is 10.6. The third-order valence-corrected chi connectivity index (χ3v) is 1.59. The molecule has 1 rings (SSSR count). The van der Waals surface area contributed by atoms with Crippen molar-refractivity contribution in [1.29, 1.82) is 0 Å². The van der Waals surface area contributed by atoms with E-state index in [-0.39, 0.29) is 6.54 Å². The molecule has 5 nitrogen and oxygen atoms in total. The Kier molecular flexibility index (Phi) is 3.39. The number of carbonyl (C=O) groups excluding carboxylic acids is 1. The van der Waals surface area contributed by atoms with Crippen molar-refractivity contribution in [1.82, 2.24) is 9.55 Å². The van der Waals surface area contributed by atoms with Gasteiger partial charge < -0.3 is 4.74 Å². The van der Waals surface area contributed by atoms with E-state index in [9.17, 15) is 9.59 Å². The molecular weight excluding hydrogens is 184 g/mol. The van der Waals surface area contributed by atoms with Crippen LogP contribution in [0.5, 0.6) is 0 Å². The van der Waals surface area contributed by atoms with Crippen molar-refractivity contribution in [3.8, 4) is 0 Å². The Morgan fingerprint density at radius 3 is 3.00 bits per heavy atom. The zero-order valence-electron chi connectivity index (χ0n) is 8.19. The molecule has 0 aliphatic rings. The van der Waals surface area contributed by atoms with Gasteiger partial charge in [0.15, 0.2) is 0 Å². The molecule has 1 heterocycles. The van der Waals surface area contributed by atoms with Crippen molar-refractivity contribution in [3.63, 3.8) is 0 Å². The van der Waals surface area contributed by atoms with Crippen LogP contribution in [0.4, 0.5) is 0 Å². The molecule has 0 amide bonds. The lowest BCUT2D eigenvalue weighted by molar-refractivity contribution is -0.143. The molecule has 76 valence electrons. The molecule has 0 fully saturated rings. The van der Waals surface area contributed by atoms with Crippen LogP contribution in [-0.4, -0.2) is 22.1 Å². The van der Waals surface area contributed by atoms with Gasteiger partial charge in [0, 0.05) is 12.4 Å². The summed E-state index contributed by atoms with van der Waals surface area (Å²) in [6, 6.07) is 0. The number of aromatic nitrogens is 2. The minimum Gasteiger partial charge on any atom is -0.465 e. The van der Waals surface area contributed by atoms with E-state index in [2.05, 4.69) is 4.98 Å². The fraction of sp³-hybridized carbons (Fsp3) is 0.444. The lowest BCUT2D eigenvalue weighted by Gasteiger charge is -2.04. The number of ether oxygens (including phenoxy) is 1. The Balaban J connectivity index is 2.81. The summed E-state index contributed by atoms with van der Waals surface area (Å²) in [7, 11) is 0. The first-order valence-electron chi connectivity index (χ1n) is 4.32. The Morgan fingerprint density at radius 2 is 2.36 bits per heavy atom. The fourth-order valence-corrected chi connectivity index (χ4v) is 1.02. The van der Waals surface area contributed by atoms with Crippen LogP contribution in [0.1, 0.15) is 12.5 Å². The van der Waals surface area contributed by atoms with Gasteiger partial charge in [-0.15, -0.1) is 0 Å². The second-order valence-corrected chi connectivity index (χ2v) is 2.85. The van der Waals surface area contributed by atoms with Crippen LogP contribution >= 0.6 is 0 Å². The van der Waals surface area contributed by atoms with Gasteiger partial charge in [-0.25, -0.2) is 9.78 Å². The fourth-order valence-electron chi connectivity index (χ4n) is 1.02. The molecule has 0 aliphatic carbocycles. The van der Waals surface area contributed by atoms with E-state index >= 15 is 0 Å². The molecule has 0 saturated heterocycles. The third-order valence-electron chi connectivity index (χ3n) is 1.59. The Bertz CT molecular complexity index is 384. The maximum absolute atomic E-state index is 11.2. The molecule has 0 aliphatic heterocycles.